The van der Waals surface area contributed by atoms with Crippen molar-refractivity contribution in [2.45, 2.75) is 70.3 Å². The first kappa shape index (κ1) is 28.2. The van der Waals surface area contributed by atoms with E-state index in [1.807, 2.05) is 12.3 Å². The van der Waals surface area contributed by atoms with Gasteiger partial charge in [0.05, 0.1) is 11.3 Å². The second kappa shape index (κ2) is 10.0. The Bertz CT molecular complexity index is 1450. The van der Waals surface area contributed by atoms with E-state index in [-0.39, 0.29) is 21.4 Å². The zero-order chi connectivity index (χ0) is 28.0. The Morgan fingerprint density at radius 2 is 1.92 bits per heavy atom. The van der Waals surface area contributed by atoms with Gasteiger partial charge in [-0.3, -0.25) is 9.48 Å². The fourth-order valence-corrected chi connectivity index (χ4v) is 6.85. The topological polar surface area (TPSA) is 115 Å². The maximum atomic E-state index is 13.4. The van der Waals surface area contributed by atoms with Gasteiger partial charge < -0.3 is 4.90 Å². The van der Waals surface area contributed by atoms with Crippen LogP contribution in [0.3, 0.4) is 0 Å². The molecule has 3 aromatic rings. The summed E-state index contributed by atoms with van der Waals surface area (Å²) in [6.07, 6.45) is 4.15. The number of nitrogens with zero attached hydrogens (tertiary/aromatic N) is 6. The molecule has 1 fully saturated rings. The number of aromatic nitrogens is 5. The lowest BCUT2D eigenvalue weighted by molar-refractivity contribution is 0.0981. The van der Waals surface area contributed by atoms with E-state index in [4.69, 9.17) is 4.98 Å². The van der Waals surface area contributed by atoms with E-state index < -0.39 is 15.9 Å². The minimum absolute atomic E-state index is 0.0357. The SMILES string of the molecule is Cc1nn(C)cc1S(=O)(=O)NC(=O)c1ccc(-n2ccc(SCC(C)(C)C)n2)nc1N1C[C@@H](C)CC1(C)C. The lowest BCUT2D eigenvalue weighted by Gasteiger charge is -2.34. The van der Waals surface area contributed by atoms with Gasteiger partial charge in [0.2, 0.25) is 0 Å². The molecule has 3 aromatic heterocycles. The van der Waals surface area contributed by atoms with Crippen molar-refractivity contribution < 1.29 is 13.2 Å². The highest BCUT2D eigenvalue weighted by molar-refractivity contribution is 7.99. The molecule has 0 radical (unpaired) electrons. The molecule has 1 aliphatic heterocycles. The van der Waals surface area contributed by atoms with Gasteiger partial charge in [0, 0.05) is 37.3 Å². The maximum Gasteiger partial charge on any atom is 0.268 e. The van der Waals surface area contributed by atoms with Crippen molar-refractivity contribution in [3.8, 4) is 5.82 Å². The first-order chi connectivity index (χ1) is 17.6. The first-order valence-electron chi connectivity index (χ1n) is 12.6. The molecule has 38 heavy (non-hydrogen) atoms. The fourth-order valence-electron chi connectivity index (χ4n) is 4.78. The van der Waals surface area contributed by atoms with E-state index >= 15 is 0 Å². The molecule has 1 N–H and O–H groups in total. The number of pyridine rings is 1. The predicted molar refractivity (Wildman–Crippen MR) is 149 cm³/mol. The number of carbonyl (C=O) groups is 1. The van der Waals surface area contributed by atoms with E-state index in [2.05, 4.69) is 61.4 Å². The summed E-state index contributed by atoms with van der Waals surface area (Å²) in [5.74, 6) is 1.57. The van der Waals surface area contributed by atoms with Gasteiger partial charge in [-0.2, -0.15) is 10.2 Å². The van der Waals surface area contributed by atoms with Gasteiger partial charge in [0.1, 0.15) is 15.7 Å². The molecule has 0 aromatic carbocycles. The van der Waals surface area contributed by atoms with E-state index in [9.17, 15) is 13.2 Å². The number of hydrogen-bond acceptors (Lipinski definition) is 8. The predicted octanol–water partition coefficient (Wildman–Crippen LogP) is 4.19. The van der Waals surface area contributed by atoms with Crippen molar-refractivity contribution in [1.29, 1.82) is 0 Å². The highest BCUT2D eigenvalue weighted by atomic mass is 32.2. The molecule has 0 spiro atoms. The summed E-state index contributed by atoms with van der Waals surface area (Å²) in [5, 5.41) is 9.66. The van der Waals surface area contributed by atoms with Gasteiger partial charge >= 0.3 is 0 Å². The smallest absolute Gasteiger partial charge is 0.268 e. The standard InChI is InChI=1S/C26H37N7O3S2/c1-17-13-26(6,7)32(14-17)23-19(24(34)30-38(35,36)20-15-31(8)28-18(20)2)9-10-21(27-23)33-12-11-22(29-33)37-16-25(3,4)5/h9-12,15,17H,13-14,16H2,1-8H3,(H,30,34)/t17-/m0/s1. The van der Waals surface area contributed by atoms with Crippen molar-refractivity contribution in [3.63, 3.8) is 0 Å². The third-order valence-corrected chi connectivity index (χ3v) is 9.33. The van der Waals surface area contributed by atoms with Crippen LogP contribution in [-0.4, -0.2) is 56.7 Å². The van der Waals surface area contributed by atoms with Gasteiger partial charge in [0.15, 0.2) is 5.82 Å². The minimum Gasteiger partial charge on any atom is -0.350 e. The lowest BCUT2D eigenvalue weighted by atomic mass is 9.97. The van der Waals surface area contributed by atoms with Gasteiger partial charge in [0.25, 0.3) is 15.9 Å². The number of nitrogens with one attached hydrogen (secondary N) is 1. The molecular formula is C26H37N7O3S2. The van der Waals surface area contributed by atoms with E-state index in [0.717, 1.165) is 17.2 Å². The van der Waals surface area contributed by atoms with Crippen molar-refractivity contribution >= 4 is 33.5 Å². The summed E-state index contributed by atoms with van der Waals surface area (Å²) in [5.41, 5.74) is 0.406. The minimum atomic E-state index is -4.12. The van der Waals surface area contributed by atoms with Crippen LogP contribution >= 0.6 is 11.8 Å². The molecule has 1 aliphatic rings. The third kappa shape index (κ3) is 6.06. The van der Waals surface area contributed by atoms with Crippen molar-refractivity contribution in [2.75, 3.05) is 17.2 Å². The zero-order valence-electron chi connectivity index (χ0n) is 23.3. The van der Waals surface area contributed by atoms with Crippen molar-refractivity contribution in [3.05, 3.63) is 41.9 Å². The zero-order valence-corrected chi connectivity index (χ0v) is 24.9. The number of rotatable bonds is 7. The number of amides is 1. The van der Waals surface area contributed by atoms with E-state index in [1.165, 1.54) is 10.9 Å². The Morgan fingerprint density at radius 3 is 2.50 bits per heavy atom. The molecule has 0 bridgehead atoms. The van der Waals surface area contributed by atoms with Gasteiger partial charge in [-0.25, -0.2) is 22.8 Å². The third-order valence-electron chi connectivity index (χ3n) is 6.37. The number of carbonyl (C=O) groups excluding carboxylic acids is 1. The van der Waals surface area contributed by atoms with Crippen LogP contribution in [0.25, 0.3) is 5.82 Å². The molecule has 0 saturated carbocycles. The Hall–Kier alpha value is -2.86. The van der Waals surface area contributed by atoms with Gasteiger partial charge in [-0.1, -0.05) is 27.7 Å². The molecule has 10 nitrogen and oxygen atoms in total. The quantitative estimate of drug-likeness (QED) is 0.429. The lowest BCUT2D eigenvalue weighted by Crippen LogP contribution is -2.41. The van der Waals surface area contributed by atoms with Crippen LogP contribution in [0, 0.1) is 18.3 Å². The molecule has 206 valence electrons. The van der Waals surface area contributed by atoms with Crippen molar-refractivity contribution in [1.82, 2.24) is 29.3 Å². The van der Waals surface area contributed by atoms with E-state index in [1.54, 1.807) is 42.5 Å². The first-order valence-corrected chi connectivity index (χ1v) is 15.1. The Kier molecular flexibility index (Phi) is 7.43. The second-order valence-corrected chi connectivity index (χ2v) is 14.6. The largest absolute Gasteiger partial charge is 0.350 e. The van der Waals surface area contributed by atoms with E-state index in [0.29, 0.717) is 29.8 Å². The summed E-state index contributed by atoms with van der Waals surface area (Å²) in [4.78, 5) is 20.4. The van der Waals surface area contributed by atoms with Crippen LogP contribution < -0.4 is 9.62 Å². The Labute approximate surface area is 229 Å². The fraction of sp³-hybridized carbons (Fsp3) is 0.538. The van der Waals surface area contributed by atoms with Crippen LogP contribution in [0.4, 0.5) is 5.82 Å². The molecular weight excluding hydrogens is 522 g/mol. The number of sulfonamides is 1. The maximum absolute atomic E-state index is 13.4. The molecule has 12 heteroatoms. The van der Waals surface area contributed by atoms with Crippen LogP contribution in [0.2, 0.25) is 0 Å². The number of aryl methyl sites for hydroxylation is 2. The summed E-state index contributed by atoms with van der Waals surface area (Å²) < 4.78 is 31.4. The molecule has 0 unspecified atom stereocenters. The second-order valence-electron chi connectivity index (χ2n) is 11.9. The Morgan fingerprint density at radius 1 is 1.21 bits per heavy atom. The molecule has 1 amide bonds. The number of hydrogen-bond donors (Lipinski definition) is 1. The average Bonchev–Trinajstić information content (AvgIpc) is 3.47. The molecule has 1 saturated heterocycles. The summed E-state index contributed by atoms with van der Waals surface area (Å²) in [7, 11) is -2.49. The molecule has 0 aliphatic carbocycles. The highest BCUT2D eigenvalue weighted by Crippen LogP contribution is 2.38. The van der Waals surface area contributed by atoms with Crippen LogP contribution in [-0.2, 0) is 17.1 Å². The molecule has 4 rings (SSSR count). The molecule has 4 heterocycles. The highest BCUT2D eigenvalue weighted by Gasteiger charge is 2.39. The van der Waals surface area contributed by atoms with Crippen LogP contribution in [0.5, 0.6) is 0 Å². The summed E-state index contributed by atoms with van der Waals surface area (Å²) in [6, 6.07) is 5.27. The summed E-state index contributed by atoms with van der Waals surface area (Å²) in [6.45, 7) is 15.2. The van der Waals surface area contributed by atoms with Gasteiger partial charge in [-0.15, -0.1) is 11.8 Å². The van der Waals surface area contributed by atoms with Crippen molar-refractivity contribution in [2.24, 2.45) is 18.4 Å². The average molecular weight is 560 g/mol. The number of anilines is 1. The van der Waals surface area contributed by atoms with Gasteiger partial charge in [-0.05, 0) is 56.7 Å². The van der Waals surface area contributed by atoms with Crippen LogP contribution in [0.15, 0.2) is 40.5 Å². The Balaban J connectivity index is 1.71. The molecule has 1 atom stereocenters. The van der Waals surface area contributed by atoms with Crippen LogP contribution in [0.1, 0.15) is 64.0 Å². The summed E-state index contributed by atoms with van der Waals surface area (Å²) >= 11 is 1.68. The number of thioether (sulfide) groups is 1. The normalized spacial score (nSPS) is 17.7. The monoisotopic (exact) mass is 559 g/mol.